The van der Waals surface area contributed by atoms with Crippen LogP contribution in [0.5, 0.6) is 0 Å². The highest BCUT2D eigenvalue weighted by Gasteiger charge is 2.41. The number of ether oxygens (including phenoxy) is 1. The van der Waals surface area contributed by atoms with Crippen LogP contribution >= 0.6 is 0 Å². The Morgan fingerprint density at radius 2 is 2.09 bits per heavy atom. The van der Waals surface area contributed by atoms with Crippen molar-refractivity contribution in [2.24, 2.45) is 10.9 Å². The summed E-state index contributed by atoms with van der Waals surface area (Å²) in [5.74, 6) is -0.390. The first kappa shape index (κ1) is 15.2. The van der Waals surface area contributed by atoms with E-state index in [0.717, 1.165) is 22.5 Å². The molecule has 0 saturated carbocycles. The summed E-state index contributed by atoms with van der Waals surface area (Å²) in [6.07, 6.45) is 5.11. The summed E-state index contributed by atoms with van der Waals surface area (Å²) >= 11 is 0. The van der Waals surface area contributed by atoms with Crippen LogP contribution in [0.25, 0.3) is 5.57 Å². The number of hydrogen-bond acceptors (Lipinski definition) is 5. The van der Waals surface area contributed by atoms with E-state index in [9.17, 15) is 4.79 Å². The molecule has 0 aromatic carbocycles. The van der Waals surface area contributed by atoms with E-state index in [4.69, 9.17) is 9.15 Å². The third kappa shape index (κ3) is 2.70. The van der Waals surface area contributed by atoms with E-state index in [2.05, 4.69) is 9.98 Å². The predicted molar refractivity (Wildman–Crippen MR) is 86.9 cm³/mol. The zero-order valence-electron chi connectivity index (χ0n) is 13.3. The molecule has 0 spiro atoms. The number of hydrogen-bond donors (Lipinski definition) is 0. The van der Waals surface area contributed by atoms with Crippen LogP contribution in [0.1, 0.15) is 31.1 Å². The number of carbonyl (C=O) groups excluding carboxylic acids is 1. The summed E-state index contributed by atoms with van der Waals surface area (Å²) in [5, 5.41) is 0. The maximum absolute atomic E-state index is 12.4. The number of furan rings is 1. The summed E-state index contributed by atoms with van der Waals surface area (Å²) in [6.45, 7) is 3.79. The lowest BCUT2D eigenvalue weighted by Crippen LogP contribution is -2.33. The molecule has 2 atom stereocenters. The van der Waals surface area contributed by atoms with Crippen molar-refractivity contribution in [1.82, 2.24) is 4.98 Å². The van der Waals surface area contributed by atoms with Crippen molar-refractivity contribution in [2.45, 2.75) is 19.8 Å². The fourth-order valence-electron chi connectivity index (χ4n) is 3.15. The van der Waals surface area contributed by atoms with Crippen LogP contribution in [0.3, 0.4) is 0 Å². The monoisotopic (exact) mass is 310 g/mol. The quantitative estimate of drug-likeness (QED) is 0.814. The average Bonchev–Trinajstić information content (AvgIpc) is 3.08. The molecule has 3 rings (SSSR count). The van der Waals surface area contributed by atoms with Gasteiger partial charge in [-0.05, 0) is 43.2 Å². The van der Waals surface area contributed by atoms with Crippen LogP contribution in [0, 0.1) is 5.92 Å². The van der Waals surface area contributed by atoms with E-state index in [1.54, 1.807) is 18.7 Å². The SMILES string of the molecule is COC(=O)C1C(C)=NC(C)=C(c2cccnc2)C1c1ccco1. The van der Waals surface area contributed by atoms with Crippen molar-refractivity contribution in [3.63, 3.8) is 0 Å². The number of aliphatic imine (C=N–C) groups is 1. The van der Waals surface area contributed by atoms with Gasteiger partial charge in [0.05, 0.1) is 19.3 Å². The van der Waals surface area contributed by atoms with Gasteiger partial charge in [0.2, 0.25) is 0 Å². The Morgan fingerprint density at radius 1 is 1.26 bits per heavy atom. The number of esters is 1. The lowest BCUT2D eigenvalue weighted by Gasteiger charge is -2.30. The maximum Gasteiger partial charge on any atom is 0.315 e. The molecule has 5 nitrogen and oxygen atoms in total. The van der Waals surface area contributed by atoms with Crippen molar-refractivity contribution >= 4 is 17.3 Å². The lowest BCUT2D eigenvalue weighted by atomic mass is 9.76. The first-order valence-corrected chi connectivity index (χ1v) is 7.41. The van der Waals surface area contributed by atoms with Gasteiger partial charge in [-0.1, -0.05) is 6.07 Å². The number of methoxy groups -OCH3 is 1. The molecule has 1 aliphatic heterocycles. The topological polar surface area (TPSA) is 64.7 Å². The third-order valence-corrected chi connectivity index (χ3v) is 4.11. The number of carbonyl (C=O) groups is 1. The normalized spacial score (nSPS) is 21.1. The minimum atomic E-state index is -0.509. The number of nitrogens with zero attached hydrogens (tertiary/aromatic N) is 2. The molecule has 23 heavy (non-hydrogen) atoms. The second kappa shape index (κ2) is 6.20. The van der Waals surface area contributed by atoms with Gasteiger partial charge in [-0.15, -0.1) is 0 Å². The Morgan fingerprint density at radius 3 is 2.70 bits per heavy atom. The van der Waals surface area contributed by atoms with Gasteiger partial charge in [-0.2, -0.15) is 0 Å². The second-order valence-corrected chi connectivity index (χ2v) is 5.49. The second-order valence-electron chi connectivity index (χ2n) is 5.49. The molecule has 2 aromatic heterocycles. The molecule has 0 amide bonds. The highest BCUT2D eigenvalue weighted by atomic mass is 16.5. The van der Waals surface area contributed by atoms with Crippen LogP contribution in [-0.4, -0.2) is 23.8 Å². The van der Waals surface area contributed by atoms with Gasteiger partial charge in [-0.3, -0.25) is 14.8 Å². The minimum Gasteiger partial charge on any atom is -0.469 e. The highest BCUT2D eigenvalue weighted by Crippen LogP contribution is 2.44. The van der Waals surface area contributed by atoms with Gasteiger partial charge in [0.1, 0.15) is 11.7 Å². The van der Waals surface area contributed by atoms with E-state index in [0.29, 0.717) is 5.76 Å². The predicted octanol–water partition coefficient (Wildman–Crippen LogP) is 3.45. The van der Waals surface area contributed by atoms with Crippen LogP contribution in [-0.2, 0) is 9.53 Å². The van der Waals surface area contributed by atoms with Gasteiger partial charge >= 0.3 is 5.97 Å². The molecular weight excluding hydrogens is 292 g/mol. The first-order valence-electron chi connectivity index (χ1n) is 7.41. The Kier molecular flexibility index (Phi) is 4.10. The molecule has 0 bridgehead atoms. The summed E-state index contributed by atoms with van der Waals surface area (Å²) < 4.78 is 10.6. The van der Waals surface area contributed by atoms with Crippen LogP contribution in [0.2, 0.25) is 0 Å². The minimum absolute atomic E-state index is 0.279. The van der Waals surface area contributed by atoms with E-state index in [1.807, 2.05) is 38.1 Å². The van der Waals surface area contributed by atoms with E-state index < -0.39 is 5.92 Å². The number of allylic oxidation sites excluding steroid dienone is 2. The molecule has 0 fully saturated rings. The van der Waals surface area contributed by atoms with Crippen LogP contribution < -0.4 is 0 Å². The third-order valence-electron chi connectivity index (χ3n) is 4.11. The summed E-state index contributed by atoms with van der Waals surface area (Å²) in [6, 6.07) is 7.53. The maximum atomic E-state index is 12.4. The first-order chi connectivity index (χ1) is 11.1. The van der Waals surface area contributed by atoms with Crippen molar-refractivity contribution < 1.29 is 13.9 Å². The molecule has 5 heteroatoms. The average molecular weight is 310 g/mol. The summed E-state index contributed by atoms with van der Waals surface area (Å²) in [5.41, 5.74) is 3.45. The van der Waals surface area contributed by atoms with Crippen LogP contribution in [0.4, 0.5) is 0 Å². The van der Waals surface area contributed by atoms with E-state index >= 15 is 0 Å². The fourth-order valence-corrected chi connectivity index (χ4v) is 3.15. The number of aromatic nitrogens is 1. The lowest BCUT2D eigenvalue weighted by molar-refractivity contribution is -0.143. The molecule has 0 radical (unpaired) electrons. The molecule has 118 valence electrons. The van der Waals surface area contributed by atoms with Crippen molar-refractivity contribution in [3.8, 4) is 0 Å². The fraction of sp³-hybridized carbons (Fsp3) is 0.278. The summed E-state index contributed by atoms with van der Waals surface area (Å²) in [4.78, 5) is 21.2. The van der Waals surface area contributed by atoms with E-state index in [-0.39, 0.29) is 11.9 Å². The molecule has 1 aliphatic rings. The van der Waals surface area contributed by atoms with Crippen LogP contribution in [0.15, 0.2) is 58.0 Å². The van der Waals surface area contributed by atoms with Crippen molar-refractivity contribution in [2.75, 3.05) is 7.11 Å². The molecule has 0 N–H and O–H groups in total. The van der Waals surface area contributed by atoms with Crippen molar-refractivity contribution in [3.05, 3.63) is 59.9 Å². The molecule has 3 heterocycles. The molecule has 2 aromatic rings. The Balaban J connectivity index is 2.21. The van der Waals surface area contributed by atoms with Gasteiger partial charge in [-0.25, -0.2) is 0 Å². The highest BCUT2D eigenvalue weighted by molar-refractivity contribution is 6.06. The van der Waals surface area contributed by atoms with Gasteiger partial charge in [0, 0.05) is 23.8 Å². The summed E-state index contributed by atoms with van der Waals surface area (Å²) in [7, 11) is 1.39. The van der Waals surface area contributed by atoms with Gasteiger partial charge in [0.25, 0.3) is 0 Å². The molecule has 0 aliphatic carbocycles. The standard InChI is InChI=1S/C18H18N2O3/c1-11-15(13-6-4-8-19-10-13)17(14-7-5-9-23-14)16(12(2)20-11)18(21)22-3/h4-10,16-17H,1-3H3. The molecule has 2 unspecified atom stereocenters. The number of pyridine rings is 1. The Labute approximate surface area is 134 Å². The zero-order chi connectivity index (χ0) is 16.4. The largest absolute Gasteiger partial charge is 0.469 e. The van der Waals surface area contributed by atoms with Crippen molar-refractivity contribution in [1.29, 1.82) is 0 Å². The Hall–Kier alpha value is -2.69. The van der Waals surface area contributed by atoms with Gasteiger partial charge < -0.3 is 9.15 Å². The Bertz CT molecular complexity index is 761. The van der Waals surface area contributed by atoms with Gasteiger partial charge in [0.15, 0.2) is 0 Å². The van der Waals surface area contributed by atoms with E-state index in [1.165, 1.54) is 7.11 Å². The molecule has 0 saturated heterocycles. The number of rotatable bonds is 3. The molecular formula is C18H18N2O3. The smallest absolute Gasteiger partial charge is 0.315 e. The zero-order valence-corrected chi connectivity index (χ0v) is 13.3.